The Morgan fingerprint density at radius 3 is 2.92 bits per heavy atom. The normalized spacial score (nSPS) is 14.3. The fraction of sp³-hybridized carbons (Fsp3) is 0.389. The molecule has 0 radical (unpaired) electrons. The maximum Gasteiger partial charge on any atom is 0.224 e. The average molecular weight is 358 g/mol. The molecule has 2 aromatic heterocycles. The summed E-state index contributed by atoms with van der Waals surface area (Å²) in [5.74, 6) is 1.00. The lowest BCUT2D eigenvalue weighted by Gasteiger charge is -2.14. The van der Waals surface area contributed by atoms with Crippen molar-refractivity contribution in [1.29, 1.82) is 0 Å². The van der Waals surface area contributed by atoms with Crippen LogP contribution in [-0.2, 0) is 6.54 Å². The van der Waals surface area contributed by atoms with Gasteiger partial charge in [0.1, 0.15) is 11.3 Å². The Morgan fingerprint density at radius 2 is 2.15 bits per heavy atom. The van der Waals surface area contributed by atoms with Gasteiger partial charge in [0.25, 0.3) is 0 Å². The first-order valence-electron chi connectivity index (χ1n) is 8.65. The number of halogens is 1. The molecule has 2 aromatic rings. The molecule has 1 aliphatic rings. The molecule has 0 spiro atoms. The fourth-order valence-electron chi connectivity index (χ4n) is 2.65. The average Bonchev–Trinajstić information content (AvgIpc) is 2.80. The van der Waals surface area contributed by atoms with Gasteiger partial charge in [-0.25, -0.2) is 14.4 Å². The molecule has 0 amide bonds. The van der Waals surface area contributed by atoms with Crippen molar-refractivity contribution in [2.45, 2.75) is 26.8 Å². The zero-order chi connectivity index (χ0) is 18.5. The number of hydrogen-bond acceptors (Lipinski definition) is 6. The first-order valence-corrected chi connectivity index (χ1v) is 8.65. The molecule has 1 aliphatic carbocycles. The van der Waals surface area contributed by atoms with Crippen molar-refractivity contribution < 1.29 is 9.50 Å². The van der Waals surface area contributed by atoms with Crippen molar-refractivity contribution >= 4 is 23.1 Å². The van der Waals surface area contributed by atoms with E-state index in [0.717, 1.165) is 0 Å². The van der Waals surface area contributed by atoms with Gasteiger partial charge in [-0.05, 0) is 12.0 Å². The number of aromatic nitrogens is 4. The van der Waals surface area contributed by atoms with E-state index in [1.807, 2.05) is 16.7 Å². The Morgan fingerprint density at radius 1 is 1.31 bits per heavy atom. The standard InChI is InChI=1S/C18H23FN6O/c1-12(2)11-25-16-15(10-21-17(24-16)20-8-9-26)23-18(25)22-14-7-5-3-4-6-13(14)19/h3-6,10,12,26H,7-9,11H2,1-2H3,(H,22,23)(H,20,21,24). The predicted molar refractivity (Wildman–Crippen MR) is 100 cm³/mol. The highest BCUT2D eigenvalue weighted by molar-refractivity contribution is 5.75. The van der Waals surface area contributed by atoms with Crippen LogP contribution in [0.4, 0.5) is 16.3 Å². The maximum absolute atomic E-state index is 14.2. The van der Waals surface area contributed by atoms with E-state index in [1.54, 1.807) is 12.3 Å². The third kappa shape index (κ3) is 4.08. The highest BCUT2D eigenvalue weighted by Gasteiger charge is 2.16. The van der Waals surface area contributed by atoms with E-state index in [4.69, 9.17) is 5.11 Å². The lowest BCUT2D eigenvalue weighted by molar-refractivity contribution is 0.311. The predicted octanol–water partition coefficient (Wildman–Crippen LogP) is 3.00. The van der Waals surface area contributed by atoms with Gasteiger partial charge in [-0.3, -0.25) is 4.57 Å². The first kappa shape index (κ1) is 18.1. The smallest absolute Gasteiger partial charge is 0.224 e. The van der Waals surface area contributed by atoms with Gasteiger partial charge >= 0.3 is 0 Å². The van der Waals surface area contributed by atoms with Crippen LogP contribution in [0.5, 0.6) is 0 Å². The number of nitrogens with one attached hydrogen (secondary N) is 2. The Kier molecular flexibility index (Phi) is 5.62. The number of imidazole rings is 1. The summed E-state index contributed by atoms with van der Waals surface area (Å²) in [7, 11) is 0. The van der Waals surface area contributed by atoms with Crippen LogP contribution in [0.3, 0.4) is 0 Å². The lowest BCUT2D eigenvalue weighted by atomic mass is 10.2. The van der Waals surface area contributed by atoms with Crippen LogP contribution in [-0.4, -0.2) is 37.8 Å². The molecule has 2 heterocycles. The van der Waals surface area contributed by atoms with Gasteiger partial charge in [0.05, 0.1) is 18.5 Å². The van der Waals surface area contributed by atoms with Crippen molar-refractivity contribution in [3.8, 4) is 0 Å². The summed E-state index contributed by atoms with van der Waals surface area (Å²) < 4.78 is 16.2. The van der Waals surface area contributed by atoms with E-state index in [1.165, 1.54) is 6.08 Å². The minimum absolute atomic E-state index is 0.00603. The molecule has 3 rings (SSSR count). The zero-order valence-corrected chi connectivity index (χ0v) is 14.9. The van der Waals surface area contributed by atoms with Gasteiger partial charge in [0, 0.05) is 19.5 Å². The van der Waals surface area contributed by atoms with Crippen molar-refractivity contribution in [3.05, 3.63) is 42.0 Å². The van der Waals surface area contributed by atoms with E-state index >= 15 is 0 Å². The van der Waals surface area contributed by atoms with Crippen LogP contribution in [0.1, 0.15) is 20.3 Å². The molecule has 0 aromatic carbocycles. The van der Waals surface area contributed by atoms with E-state index in [-0.39, 0.29) is 12.4 Å². The minimum Gasteiger partial charge on any atom is -0.395 e. The molecule has 138 valence electrons. The van der Waals surface area contributed by atoms with Crippen molar-refractivity contribution in [2.24, 2.45) is 5.92 Å². The second-order valence-corrected chi connectivity index (χ2v) is 6.44. The van der Waals surface area contributed by atoms with Crippen LogP contribution in [0.15, 0.2) is 42.0 Å². The van der Waals surface area contributed by atoms with Crippen LogP contribution in [0, 0.1) is 5.92 Å². The largest absolute Gasteiger partial charge is 0.395 e. The third-order valence-electron chi connectivity index (χ3n) is 3.79. The number of rotatable bonds is 7. The minimum atomic E-state index is -0.311. The van der Waals surface area contributed by atoms with Crippen molar-refractivity contribution in [1.82, 2.24) is 19.5 Å². The quantitative estimate of drug-likeness (QED) is 0.705. The van der Waals surface area contributed by atoms with Crippen LogP contribution in [0.25, 0.3) is 11.2 Å². The third-order valence-corrected chi connectivity index (χ3v) is 3.79. The number of allylic oxidation sites excluding steroid dienone is 5. The summed E-state index contributed by atoms with van der Waals surface area (Å²) in [6, 6.07) is 0. The highest BCUT2D eigenvalue weighted by atomic mass is 19.1. The van der Waals surface area contributed by atoms with Gasteiger partial charge in [-0.2, -0.15) is 4.98 Å². The molecule has 0 bridgehead atoms. The van der Waals surface area contributed by atoms with Crippen LogP contribution < -0.4 is 10.6 Å². The topological polar surface area (TPSA) is 87.9 Å². The molecule has 0 unspecified atom stereocenters. The SMILES string of the molecule is CC(C)Cn1c(NC2=C(F)C=CC=CC2)nc2cnc(NCCO)nc21. The summed E-state index contributed by atoms with van der Waals surface area (Å²) in [5.41, 5.74) is 1.75. The van der Waals surface area contributed by atoms with Crippen molar-refractivity contribution in [3.63, 3.8) is 0 Å². The summed E-state index contributed by atoms with van der Waals surface area (Å²) in [6.45, 7) is 5.23. The van der Waals surface area contributed by atoms with E-state index in [9.17, 15) is 4.39 Å². The monoisotopic (exact) mass is 358 g/mol. The van der Waals surface area contributed by atoms with E-state index in [0.29, 0.717) is 54.2 Å². The summed E-state index contributed by atoms with van der Waals surface area (Å²) in [6.07, 6.45) is 8.89. The molecule has 0 fully saturated rings. The van der Waals surface area contributed by atoms with Gasteiger partial charge in [0.2, 0.25) is 11.9 Å². The van der Waals surface area contributed by atoms with Crippen LogP contribution in [0.2, 0.25) is 0 Å². The van der Waals surface area contributed by atoms with Gasteiger partial charge < -0.3 is 15.7 Å². The molecule has 8 heteroatoms. The summed E-state index contributed by atoms with van der Waals surface area (Å²) in [4.78, 5) is 13.3. The second-order valence-electron chi connectivity index (χ2n) is 6.44. The molecule has 0 atom stereocenters. The number of anilines is 2. The number of aliphatic hydroxyl groups excluding tert-OH is 1. The van der Waals surface area contributed by atoms with Crippen LogP contribution >= 0.6 is 0 Å². The summed E-state index contributed by atoms with van der Waals surface area (Å²) >= 11 is 0. The number of nitrogens with zero attached hydrogens (tertiary/aromatic N) is 4. The number of fused-ring (bicyclic) bond motifs is 1. The van der Waals surface area contributed by atoms with Gasteiger partial charge in [0.15, 0.2) is 5.65 Å². The van der Waals surface area contributed by atoms with Crippen molar-refractivity contribution in [2.75, 3.05) is 23.8 Å². The first-order chi connectivity index (χ1) is 12.6. The maximum atomic E-state index is 14.2. The Hall–Kier alpha value is -2.74. The molecule has 0 saturated heterocycles. The second kappa shape index (κ2) is 8.09. The molecule has 26 heavy (non-hydrogen) atoms. The number of hydrogen-bond donors (Lipinski definition) is 3. The zero-order valence-electron chi connectivity index (χ0n) is 14.9. The fourth-order valence-corrected chi connectivity index (χ4v) is 2.65. The Balaban J connectivity index is 2.00. The summed E-state index contributed by atoms with van der Waals surface area (Å²) in [5, 5.41) is 15.0. The molecular weight excluding hydrogens is 335 g/mol. The number of aliphatic hydroxyl groups is 1. The van der Waals surface area contributed by atoms with E-state index in [2.05, 4.69) is 39.4 Å². The van der Waals surface area contributed by atoms with E-state index < -0.39 is 0 Å². The molecule has 0 saturated carbocycles. The van der Waals surface area contributed by atoms with Gasteiger partial charge in [-0.1, -0.05) is 32.1 Å². The highest BCUT2D eigenvalue weighted by Crippen LogP contribution is 2.24. The lowest BCUT2D eigenvalue weighted by Crippen LogP contribution is -2.13. The Labute approximate surface area is 151 Å². The van der Waals surface area contributed by atoms with Gasteiger partial charge in [-0.15, -0.1) is 0 Å². The molecular formula is C18H23FN6O. The molecule has 7 nitrogen and oxygen atoms in total. The molecule has 3 N–H and O–H groups in total. The molecule has 0 aliphatic heterocycles. The Bertz CT molecular complexity index is 868.